The van der Waals surface area contributed by atoms with Crippen LogP contribution in [0.1, 0.15) is 54.9 Å². The number of aliphatic hydroxyl groups is 1. The van der Waals surface area contributed by atoms with Crippen molar-refractivity contribution in [3.63, 3.8) is 0 Å². The van der Waals surface area contributed by atoms with Crippen LogP contribution in [0.15, 0.2) is 0 Å². The van der Waals surface area contributed by atoms with Crippen LogP contribution in [0.25, 0.3) is 0 Å². The van der Waals surface area contributed by atoms with Crippen molar-refractivity contribution in [1.82, 2.24) is 10.6 Å². The number of alkyl carbamates (subject to hydrolysis) is 2. The van der Waals surface area contributed by atoms with Crippen LogP contribution in [0.2, 0.25) is 0 Å². The SMILES string of the molecule is COC(=O)[C@](C)(C[C@@H](CO)NC(=O)OC(C)(C)C)NC(=O)OC(C)(C)C. The lowest BCUT2D eigenvalue weighted by molar-refractivity contribution is -0.148. The Labute approximate surface area is 154 Å². The zero-order valence-corrected chi connectivity index (χ0v) is 16.9. The van der Waals surface area contributed by atoms with Crippen LogP contribution in [0.4, 0.5) is 9.59 Å². The largest absolute Gasteiger partial charge is 0.467 e. The summed E-state index contributed by atoms with van der Waals surface area (Å²) < 4.78 is 15.0. The van der Waals surface area contributed by atoms with E-state index in [1.807, 2.05) is 0 Å². The van der Waals surface area contributed by atoms with E-state index in [-0.39, 0.29) is 6.42 Å². The molecule has 0 fully saturated rings. The van der Waals surface area contributed by atoms with Crippen molar-refractivity contribution in [2.75, 3.05) is 13.7 Å². The fourth-order valence-corrected chi connectivity index (χ4v) is 2.07. The maximum absolute atomic E-state index is 12.2. The fraction of sp³-hybridized carbons (Fsp3) is 0.824. The highest BCUT2D eigenvalue weighted by Crippen LogP contribution is 2.17. The van der Waals surface area contributed by atoms with Gasteiger partial charge in [-0.05, 0) is 48.5 Å². The van der Waals surface area contributed by atoms with Gasteiger partial charge in [-0.1, -0.05) is 0 Å². The number of amides is 2. The number of rotatable bonds is 6. The molecule has 0 aliphatic carbocycles. The molecular weight excluding hydrogens is 344 g/mol. The van der Waals surface area contributed by atoms with E-state index in [4.69, 9.17) is 14.2 Å². The molecule has 0 bridgehead atoms. The number of hydrogen-bond acceptors (Lipinski definition) is 7. The molecular formula is C17H32N2O7. The molecule has 0 unspecified atom stereocenters. The Morgan fingerprint density at radius 2 is 1.38 bits per heavy atom. The topological polar surface area (TPSA) is 123 Å². The van der Waals surface area contributed by atoms with Gasteiger partial charge in [0.15, 0.2) is 0 Å². The third kappa shape index (κ3) is 9.45. The number of methoxy groups -OCH3 is 1. The highest BCUT2D eigenvalue weighted by molar-refractivity contribution is 5.85. The molecule has 0 rings (SSSR count). The van der Waals surface area contributed by atoms with E-state index in [1.54, 1.807) is 41.5 Å². The summed E-state index contributed by atoms with van der Waals surface area (Å²) in [5, 5.41) is 14.5. The van der Waals surface area contributed by atoms with Crippen LogP contribution in [0.3, 0.4) is 0 Å². The Balaban J connectivity index is 5.18. The summed E-state index contributed by atoms with van der Waals surface area (Å²) in [5.74, 6) is -0.743. The lowest BCUT2D eigenvalue weighted by atomic mass is 9.93. The number of nitrogens with one attached hydrogen (secondary N) is 2. The first-order valence-electron chi connectivity index (χ1n) is 8.32. The number of esters is 1. The van der Waals surface area contributed by atoms with Gasteiger partial charge in [-0.25, -0.2) is 14.4 Å². The van der Waals surface area contributed by atoms with Crippen LogP contribution in [0.5, 0.6) is 0 Å². The molecule has 0 spiro atoms. The van der Waals surface area contributed by atoms with Crippen molar-refractivity contribution in [2.45, 2.75) is 77.7 Å². The second kappa shape index (κ2) is 9.07. The first kappa shape index (κ1) is 24.0. The zero-order valence-electron chi connectivity index (χ0n) is 16.9. The predicted molar refractivity (Wildman–Crippen MR) is 94.7 cm³/mol. The van der Waals surface area contributed by atoms with Crippen molar-refractivity contribution >= 4 is 18.2 Å². The highest BCUT2D eigenvalue weighted by atomic mass is 16.6. The minimum atomic E-state index is -1.53. The lowest BCUT2D eigenvalue weighted by Crippen LogP contribution is -2.58. The van der Waals surface area contributed by atoms with Gasteiger partial charge in [-0.2, -0.15) is 0 Å². The van der Waals surface area contributed by atoms with E-state index in [9.17, 15) is 19.5 Å². The third-order valence-corrected chi connectivity index (χ3v) is 3.01. The smallest absolute Gasteiger partial charge is 0.408 e. The van der Waals surface area contributed by atoms with Crippen molar-refractivity contribution < 1.29 is 33.7 Å². The van der Waals surface area contributed by atoms with Crippen LogP contribution in [-0.2, 0) is 19.0 Å². The Kier molecular flexibility index (Phi) is 8.36. The predicted octanol–water partition coefficient (Wildman–Crippen LogP) is 1.72. The average molecular weight is 376 g/mol. The Morgan fingerprint density at radius 3 is 1.77 bits per heavy atom. The molecule has 0 aliphatic heterocycles. The van der Waals surface area contributed by atoms with Crippen molar-refractivity contribution in [3.05, 3.63) is 0 Å². The molecule has 9 nitrogen and oxygen atoms in total. The van der Waals surface area contributed by atoms with Crippen LogP contribution in [0, 0.1) is 0 Å². The highest BCUT2D eigenvalue weighted by Gasteiger charge is 2.40. The summed E-state index contributed by atoms with van der Waals surface area (Å²) in [6, 6.07) is -0.858. The summed E-state index contributed by atoms with van der Waals surface area (Å²) in [6.07, 6.45) is -1.70. The molecule has 152 valence electrons. The van der Waals surface area contributed by atoms with Gasteiger partial charge in [-0.3, -0.25) is 0 Å². The Hall–Kier alpha value is -2.03. The number of carbonyl (C=O) groups excluding carboxylic acids is 3. The molecule has 0 saturated heterocycles. The molecule has 0 saturated carbocycles. The van der Waals surface area contributed by atoms with E-state index in [0.717, 1.165) is 0 Å². The van der Waals surface area contributed by atoms with Gasteiger partial charge in [0.1, 0.15) is 16.7 Å². The number of hydrogen-bond donors (Lipinski definition) is 3. The van der Waals surface area contributed by atoms with Crippen LogP contribution >= 0.6 is 0 Å². The molecule has 0 aromatic heterocycles. The van der Waals surface area contributed by atoms with Gasteiger partial charge in [0.25, 0.3) is 0 Å². The molecule has 0 heterocycles. The van der Waals surface area contributed by atoms with E-state index < -0.39 is 47.5 Å². The summed E-state index contributed by atoms with van der Waals surface area (Å²) in [5.41, 5.74) is -3.00. The average Bonchev–Trinajstić information content (AvgIpc) is 2.41. The third-order valence-electron chi connectivity index (χ3n) is 3.01. The zero-order chi connectivity index (χ0) is 20.8. The summed E-state index contributed by atoms with van der Waals surface area (Å²) in [6.45, 7) is 11.1. The van der Waals surface area contributed by atoms with Crippen LogP contribution in [-0.4, -0.2) is 59.8 Å². The summed E-state index contributed by atoms with van der Waals surface area (Å²) in [4.78, 5) is 36.1. The standard InChI is InChI=1S/C17H32N2O7/c1-15(2,3)25-13(22)18-11(10-20)9-17(7,12(21)24-8)19-14(23)26-16(4,5)6/h11,20H,9-10H2,1-8H3,(H,18,22)(H,19,23)/t11-,17-/m0/s1. The summed E-state index contributed by atoms with van der Waals surface area (Å²) in [7, 11) is 1.17. The second-order valence-corrected chi connectivity index (χ2v) is 8.18. The van der Waals surface area contributed by atoms with Gasteiger partial charge in [-0.15, -0.1) is 0 Å². The van der Waals surface area contributed by atoms with Crippen LogP contribution < -0.4 is 10.6 Å². The number of carbonyl (C=O) groups is 3. The van der Waals surface area contributed by atoms with Gasteiger partial charge in [0.05, 0.1) is 19.8 Å². The Morgan fingerprint density at radius 1 is 0.923 bits per heavy atom. The van der Waals surface area contributed by atoms with Crippen molar-refractivity contribution in [2.24, 2.45) is 0 Å². The van der Waals surface area contributed by atoms with E-state index in [1.165, 1.54) is 14.0 Å². The minimum absolute atomic E-state index is 0.130. The van der Waals surface area contributed by atoms with E-state index in [2.05, 4.69) is 10.6 Å². The summed E-state index contributed by atoms with van der Waals surface area (Å²) >= 11 is 0. The van der Waals surface area contributed by atoms with E-state index >= 15 is 0 Å². The molecule has 2 amide bonds. The van der Waals surface area contributed by atoms with Gasteiger partial charge < -0.3 is 30.0 Å². The first-order valence-corrected chi connectivity index (χ1v) is 8.32. The maximum atomic E-state index is 12.2. The second-order valence-electron chi connectivity index (χ2n) is 8.18. The number of aliphatic hydroxyl groups excluding tert-OH is 1. The molecule has 2 atom stereocenters. The fourth-order valence-electron chi connectivity index (χ4n) is 2.07. The lowest BCUT2D eigenvalue weighted by Gasteiger charge is -2.32. The molecule has 9 heteroatoms. The number of ether oxygens (including phenoxy) is 3. The molecule has 0 radical (unpaired) electrons. The quantitative estimate of drug-likeness (QED) is 0.476. The molecule has 0 aromatic rings. The molecule has 0 aliphatic rings. The Bertz CT molecular complexity index is 508. The van der Waals surface area contributed by atoms with Crippen molar-refractivity contribution in [3.8, 4) is 0 Å². The normalized spacial score (nSPS) is 15.3. The minimum Gasteiger partial charge on any atom is -0.467 e. The monoisotopic (exact) mass is 376 g/mol. The maximum Gasteiger partial charge on any atom is 0.408 e. The van der Waals surface area contributed by atoms with Crippen molar-refractivity contribution in [1.29, 1.82) is 0 Å². The molecule has 3 N–H and O–H groups in total. The molecule has 0 aromatic carbocycles. The van der Waals surface area contributed by atoms with E-state index in [0.29, 0.717) is 0 Å². The molecule has 26 heavy (non-hydrogen) atoms. The van der Waals surface area contributed by atoms with Gasteiger partial charge >= 0.3 is 18.2 Å². The van der Waals surface area contributed by atoms with Gasteiger partial charge in [0.2, 0.25) is 0 Å². The van der Waals surface area contributed by atoms with Gasteiger partial charge in [0, 0.05) is 6.42 Å². The first-order chi connectivity index (χ1) is 11.6.